The zero-order chi connectivity index (χ0) is 21.8. The number of benzene rings is 2. The van der Waals surface area contributed by atoms with Crippen molar-refractivity contribution in [2.24, 2.45) is 5.73 Å². The first kappa shape index (κ1) is 21.0. The quantitative estimate of drug-likeness (QED) is 0.517. The third kappa shape index (κ3) is 4.31. The molecule has 0 radical (unpaired) electrons. The van der Waals surface area contributed by atoms with E-state index in [-0.39, 0.29) is 0 Å². The van der Waals surface area contributed by atoms with Crippen molar-refractivity contribution >= 4 is 5.91 Å². The number of fused-ring (bicyclic) bond motifs is 1. The summed E-state index contributed by atoms with van der Waals surface area (Å²) in [6, 6.07) is 16.2. The van der Waals surface area contributed by atoms with Gasteiger partial charge in [-0.25, -0.2) is 0 Å². The number of carbonyl (C=O) groups excluding carboxylic acids is 1. The average Bonchev–Trinajstić information content (AvgIpc) is 3.06. The fourth-order valence-electron chi connectivity index (χ4n) is 4.39. The van der Waals surface area contributed by atoms with Crippen LogP contribution in [-0.2, 0) is 13.0 Å². The molecule has 0 atom stereocenters. The molecule has 5 nitrogen and oxygen atoms in total. The third-order valence-corrected chi connectivity index (χ3v) is 5.91. The Morgan fingerprint density at radius 2 is 1.77 bits per heavy atom. The van der Waals surface area contributed by atoms with Crippen LogP contribution in [0.4, 0.5) is 0 Å². The molecule has 0 aliphatic carbocycles. The van der Waals surface area contributed by atoms with E-state index < -0.39 is 5.91 Å². The van der Waals surface area contributed by atoms with E-state index in [1.54, 1.807) is 0 Å². The van der Waals surface area contributed by atoms with Gasteiger partial charge in [0.2, 0.25) is 0 Å². The van der Waals surface area contributed by atoms with E-state index in [0.717, 1.165) is 53.9 Å². The van der Waals surface area contributed by atoms with E-state index in [2.05, 4.69) is 23.6 Å². The average molecular weight is 419 g/mol. The number of ether oxygens (including phenoxy) is 2. The molecule has 31 heavy (non-hydrogen) atoms. The molecule has 0 unspecified atom stereocenters. The number of nitrogens with zero attached hydrogens (tertiary/aromatic N) is 1. The summed E-state index contributed by atoms with van der Waals surface area (Å²) in [5.74, 6) is 1.06. The molecule has 3 aromatic rings. The van der Waals surface area contributed by atoms with Gasteiger partial charge in [-0.1, -0.05) is 56.2 Å². The van der Waals surface area contributed by atoms with Crippen molar-refractivity contribution in [1.82, 2.24) is 4.57 Å². The molecule has 5 heteroatoms. The summed E-state index contributed by atoms with van der Waals surface area (Å²) in [4.78, 5) is 12.6. The summed E-state index contributed by atoms with van der Waals surface area (Å²) in [6.07, 6.45) is 4.23. The van der Waals surface area contributed by atoms with Crippen LogP contribution in [0.5, 0.6) is 11.5 Å². The lowest BCUT2D eigenvalue weighted by molar-refractivity contribution is 0.1000. The summed E-state index contributed by atoms with van der Waals surface area (Å²) < 4.78 is 13.8. The van der Waals surface area contributed by atoms with Crippen LogP contribution in [0, 0.1) is 6.92 Å². The zero-order valence-electron chi connectivity index (χ0n) is 18.3. The maximum atomic E-state index is 12.6. The number of rotatable bonds is 8. The Morgan fingerprint density at radius 3 is 2.48 bits per heavy atom. The van der Waals surface area contributed by atoms with Crippen LogP contribution in [-0.4, -0.2) is 23.7 Å². The molecule has 162 valence electrons. The summed E-state index contributed by atoms with van der Waals surface area (Å²) in [5, 5.41) is 0. The van der Waals surface area contributed by atoms with Gasteiger partial charge in [-0.15, -0.1) is 0 Å². The second-order valence-corrected chi connectivity index (χ2v) is 8.03. The number of unbranched alkanes of at least 4 members (excludes halogenated alkanes) is 2. The maximum absolute atomic E-state index is 12.6. The molecule has 2 heterocycles. The third-order valence-electron chi connectivity index (χ3n) is 5.91. The Hall–Kier alpha value is -3.21. The van der Waals surface area contributed by atoms with Crippen LogP contribution < -0.4 is 15.2 Å². The second-order valence-electron chi connectivity index (χ2n) is 8.03. The molecule has 4 rings (SSSR count). The minimum absolute atomic E-state index is 0.397. The normalized spacial score (nSPS) is 12.7. The van der Waals surface area contributed by atoms with E-state index in [9.17, 15) is 4.79 Å². The van der Waals surface area contributed by atoms with Crippen molar-refractivity contribution < 1.29 is 14.3 Å². The Kier molecular flexibility index (Phi) is 6.31. The first-order chi connectivity index (χ1) is 15.1. The maximum Gasteiger partial charge on any atom is 0.251 e. The van der Waals surface area contributed by atoms with Crippen molar-refractivity contribution in [2.45, 2.75) is 46.1 Å². The van der Waals surface area contributed by atoms with Crippen molar-refractivity contribution in [3.05, 3.63) is 71.0 Å². The van der Waals surface area contributed by atoms with Crippen LogP contribution in [0.2, 0.25) is 0 Å². The van der Waals surface area contributed by atoms with Gasteiger partial charge in [-0.05, 0) is 43.0 Å². The second kappa shape index (κ2) is 9.29. The lowest BCUT2D eigenvalue weighted by Gasteiger charge is -2.19. The molecular weight excluding hydrogens is 388 g/mol. The highest BCUT2D eigenvalue weighted by molar-refractivity contribution is 6.02. The van der Waals surface area contributed by atoms with E-state index in [0.29, 0.717) is 31.1 Å². The first-order valence-electron chi connectivity index (χ1n) is 11.1. The molecule has 1 amide bonds. The molecule has 0 saturated carbocycles. The highest BCUT2D eigenvalue weighted by atomic mass is 16.6. The summed E-state index contributed by atoms with van der Waals surface area (Å²) in [5.41, 5.74) is 11.6. The summed E-state index contributed by atoms with van der Waals surface area (Å²) in [6.45, 7) is 5.97. The largest absolute Gasteiger partial charge is 0.486 e. The lowest BCUT2D eigenvalue weighted by Crippen LogP contribution is -2.15. The molecule has 2 aromatic carbocycles. The standard InChI is InChI=1S/C26H30N2O3/c1-3-4-6-11-21-25(20-12-13-22-23(16-20)31-15-14-30-22)24(26(27)29)18(2)28(21)17-19-9-7-5-8-10-19/h5,7-10,12-13,16H,3-4,6,11,14-15,17H2,1-2H3,(H2,27,29). The predicted molar refractivity (Wildman–Crippen MR) is 123 cm³/mol. The molecule has 2 N–H and O–H groups in total. The van der Waals surface area contributed by atoms with E-state index in [4.69, 9.17) is 15.2 Å². The van der Waals surface area contributed by atoms with E-state index >= 15 is 0 Å². The van der Waals surface area contributed by atoms with Crippen LogP contribution in [0.1, 0.15) is 53.5 Å². The fourth-order valence-corrected chi connectivity index (χ4v) is 4.39. The van der Waals surface area contributed by atoms with Crippen molar-refractivity contribution in [3.8, 4) is 22.6 Å². The van der Waals surface area contributed by atoms with Gasteiger partial charge in [0.25, 0.3) is 5.91 Å². The van der Waals surface area contributed by atoms with Crippen LogP contribution in [0.3, 0.4) is 0 Å². The molecular formula is C26H30N2O3. The minimum atomic E-state index is -0.397. The Labute approximate surface area is 183 Å². The smallest absolute Gasteiger partial charge is 0.251 e. The van der Waals surface area contributed by atoms with E-state index in [1.807, 2.05) is 43.3 Å². The highest BCUT2D eigenvalue weighted by Crippen LogP contribution is 2.39. The zero-order valence-corrected chi connectivity index (χ0v) is 18.3. The number of aromatic nitrogens is 1. The van der Waals surface area contributed by atoms with Gasteiger partial charge >= 0.3 is 0 Å². The van der Waals surface area contributed by atoms with Crippen molar-refractivity contribution in [1.29, 1.82) is 0 Å². The number of hydrogen-bond acceptors (Lipinski definition) is 3. The lowest BCUT2D eigenvalue weighted by atomic mass is 9.97. The monoisotopic (exact) mass is 418 g/mol. The molecule has 1 aliphatic rings. The van der Waals surface area contributed by atoms with Crippen molar-refractivity contribution in [2.75, 3.05) is 13.2 Å². The van der Waals surface area contributed by atoms with Gasteiger partial charge in [-0.2, -0.15) is 0 Å². The molecule has 0 bridgehead atoms. The Morgan fingerprint density at radius 1 is 1.03 bits per heavy atom. The first-order valence-corrected chi connectivity index (χ1v) is 11.1. The van der Waals surface area contributed by atoms with Gasteiger partial charge in [0.15, 0.2) is 11.5 Å². The van der Waals surface area contributed by atoms with Gasteiger partial charge in [-0.3, -0.25) is 4.79 Å². The number of amides is 1. The topological polar surface area (TPSA) is 66.5 Å². The summed E-state index contributed by atoms with van der Waals surface area (Å²) >= 11 is 0. The van der Waals surface area contributed by atoms with Crippen LogP contribution in [0.15, 0.2) is 48.5 Å². The number of carbonyl (C=O) groups is 1. The molecule has 0 fully saturated rings. The van der Waals surface area contributed by atoms with Gasteiger partial charge < -0.3 is 19.8 Å². The number of primary amides is 1. The molecule has 1 aliphatic heterocycles. The number of nitrogens with two attached hydrogens (primary N) is 1. The molecule has 1 aromatic heterocycles. The Bertz CT molecular complexity index is 1070. The van der Waals surface area contributed by atoms with Crippen LogP contribution in [0.25, 0.3) is 11.1 Å². The minimum Gasteiger partial charge on any atom is -0.486 e. The van der Waals surface area contributed by atoms with Gasteiger partial charge in [0.05, 0.1) is 5.56 Å². The van der Waals surface area contributed by atoms with Crippen molar-refractivity contribution in [3.63, 3.8) is 0 Å². The number of hydrogen-bond donors (Lipinski definition) is 1. The van der Waals surface area contributed by atoms with Crippen LogP contribution >= 0.6 is 0 Å². The highest BCUT2D eigenvalue weighted by Gasteiger charge is 2.26. The summed E-state index contributed by atoms with van der Waals surface area (Å²) in [7, 11) is 0. The molecule has 0 spiro atoms. The Balaban J connectivity index is 1.87. The van der Waals surface area contributed by atoms with E-state index in [1.165, 1.54) is 5.56 Å². The van der Waals surface area contributed by atoms with Gasteiger partial charge in [0, 0.05) is 23.5 Å². The van der Waals surface area contributed by atoms with Gasteiger partial charge in [0.1, 0.15) is 13.2 Å². The fraction of sp³-hybridized carbons (Fsp3) is 0.346. The predicted octanol–water partition coefficient (Wildman–Crippen LogP) is 5.11. The SMILES string of the molecule is CCCCCc1c(-c2ccc3c(c2)OCCO3)c(C(N)=O)c(C)n1Cc1ccccc1. The molecule has 0 saturated heterocycles.